The Labute approximate surface area is 86.1 Å². The van der Waals surface area contributed by atoms with E-state index in [1.54, 1.807) is 0 Å². The van der Waals surface area contributed by atoms with Crippen LogP contribution in [0.3, 0.4) is 0 Å². The quantitative estimate of drug-likeness (QED) is 0.848. The van der Waals surface area contributed by atoms with Crippen LogP contribution < -0.4 is 5.32 Å². The summed E-state index contributed by atoms with van der Waals surface area (Å²) in [5.74, 6) is 0.0104. The molecular formula is C8H11ClN2OS. The van der Waals surface area contributed by atoms with Gasteiger partial charge < -0.3 is 5.32 Å². The van der Waals surface area contributed by atoms with Gasteiger partial charge in [0.05, 0.1) is 6.20 Å². The Balaban J connectivity index is 2.54. The number of rotatable bonds is 3. The molecule has 0 aliphatic carbocycles. The summed E-state index contributed by atoms with van der Waals surface area (Å²) >= 11 is 6.93. The molecule has 3 nitrogen and oxygen atoms in total. The van der Waals surface area contributed by atoms with E-state index in [1.165, 1.54) is 17.5 Å². The predicted octanol–water partition coefficient (Wildman–Crippen LogP) is 2.78. The predicted molar refractivity (Wildman–Crippen MR) is 55.2 cm³/mol. The van der Waals surface area contributed by atoms with Crippen LogP contribution >= 0.6 is 22.9 Å². The van der Waals surface area contributed by atoms with Crippen molar-refractivity contribution in [2.75, 3.05) is 5.32 Å². The molecule has 1 atom stereocenters. The molecule has 5 heteroatoms. The minimum absolute atomic E-state index is 0.00600. The molecule has 0 saturated heterocycles. The Morgan fingerprint density at radius 3 is 3.00 bits per heavy atom. The highest BCUT2D eigenvalue weighted by Crippen LogP contribution is 2.22. The van der Waals surface area contributed by atoms with Crippen molar-refractivity contribution in [2.45, 2.75) is 20.3 Å². The second-order valence-electron chi connectivity index (χ2n) is 2.77. The maximum Gasteiger partial charge on any atom is 0.228 e. The summed E-state index contributed by atoms with van der Waals surface area (Å²) in [6.45, 7) is 3.85. The topological polar surface area (TPSA) is 42.0 Å². The highest BCUT2D eigenvalue weighted by atomic mass is 35.5. The van der Waals surface area contributed by atoms with Gasteiger partial charge in [-0.15, -0.1) is 0 Å². The fourth-order valence-corrected chi connectivity index (χ4v) is 1.54. The largest absolute Gasteiger partial charge is 0.302 e. The molecule has 0 saturated carbocycles. The Kier molecular flexibility index (Phi) is 3.69. The number of anilines is 1. The fraction of sp³-hybridized carbons (Fsp3) is 0.500. The average Bonchev–Trinajstić information content (AvgIpc) is 2.49. The number of carbonyl (C=O) groups is 1. The lowest BCUT2D eigenvalue weighted by Gasteiger charge is -2.06. The van der Waals surface area contributed by atoms with Gasteiger partial charge in [-0.1, -0.05) is 36.8 Å². The summed E-state index contributed by atoms with van der Waals surface area (Å²) in [5.41, 5.74) is 0. The van der Waals surface area contributed by atoms with Crippen molar-refractivity contribution < 1.29 is 4.79 Å². The first-order chi connectivity index (χ1) is 6.13. The Bertz CT molecular complexity index is 300. The molecule has 1 N–H and O–H groups in total. The Hall–Kier alpha value is -0.610. The number of thiazole rings is 1. The van der Waals surface area contributed by atoms with Crippen molar-refractivity contribution in [1.82, 2.24) is 4.98 Å². The van der Waals surface area contributed by atoms with E-state index in [9.17, 15) is 4.79 Å². The van der Waals surface area contributed by atoms with E-state index < -0.39 is 0 Å². The van der Waals surface area contributed by atoms with Crippen LogP contribution in [0.4, 0.5) is 5.13 Å². The van der Waals surface area contributed by atoms with Gasteiger partial charge in [-0.05, 0) is 6.42 Å². The highest BCUT2D eigenvalue weighted by molar-refractivity contribution is 7.19. The van der Waals surface area contributed by atoms with E-state index in [-0.39, 0.29) is 11.8 Å². The summed E-state index contributed by atoms with van der Waals surface area (Å²) in [4.78, 5) is 15.3. The summed E-state index contributed by atoms with van der Waals surface area (Å²) in [7, 11) is 0. The monoisotopic (exact) mass is 218 g/mol. The lowest BCUT2D eigenvalue weighted by atomic mass is 10.1. The van der Waals surface area contributed by atoms with Gasteiger partial charge in [0, 0.05) is 5.92 Å². The maximum atomic E-state index is 11.4. The molecule has 0 radical (unpaired) electrons. The van der Waals surface area contributed by atoms with Gasteiger partial charge in [0.25, 0.3) is 0 Å². The maximum absolute atomic E-state index is 11.4. The van der Waals surface area contributed by atoms with E-state index in [4.69, 9.17) is 11.6 Å². The smallest absolute Gasteiger partial charge is 0.228 e. The normalized spacial score (nSPS) is 12.5. The zero-order valence-electron chi connectivity index (χ0n) is 7.50. The highest BCUT2D eigenvalue weighted by Gasteiger charge is 2.11. The number of aromatic nitrogens is 1. The van der Waals surface area contributed by atoms with Crippen LogP contribution in [0.1, 0.15) is 20.3 Å². The Morgan fingerprint density at radius 2 is 2.54 bits per heavy atom. The van der Waals surface area contributed by atoms with Crippen LogP contribution in [0.5, 0.6) is 0 Å². The number of nitrogens with zero attached hydrogens (tertiary/aromatic N) is 1. The van der Waals surface area contributed by atoms with Gasteiger partial charge in [-0.3, -0.25) is 4.79 Å². The summed E-state index contributed by atoms with van der Waals surface area (Å²) < 4.78 is 0.583. The molecule has 1 aromatic heterocycles. The zero-order valence-corrected chi connectivity index (χ0v) is 9.08. The summed E-state index contributed by atoms with van der Waals surface area (Å²) in [6, 6.07) is 0. The van der Waals surface area contributed by atoms with Crippen LogP contribution in [0.2, 0.25) is 4.34 Å². The SMILES string of the molecule is CCC(C)C(=O)Nc1ncc(Cl)s1. The third-order valence-corrected chi connectivity index (χ3v) is 2.80. The van der Waals surface area contributed by atoms with Crippen molar-refractivity contribution in [3.63, 3.8) is 0 Å². The molecule has 0 bridgehead atoms. The van der Waals surface area contributed by atoms with Gasteiger partial charge in [0.2, 0.25) is 5.91 Å². The molecule has 0 aliphatic heterocycles. The molecule has 1 heterocycles. The molecular weight excluding hydrogens is 208 g/mol. The molecule has 0 aromatic carbocycles. The number of amides is 1. The number of nitrogens with one attached hydrogen (secondary N) is 1. The molecule has 1 unspecified atom stereocenters. The average molecular weight is 219 g/mol. The van der Waals surface area contributed by atoms with Crippen molar-refractivity contribution in [2.24, 2.45) is 5.92 Å². The number of hydrogen-bond acceptors (Lipinski definition) is 3. The van der Waals surface area contributed by atoms with Crippen LogP contribution in [-0.4, -0.2) is 10.9 Å². The number of hydrogen-bond donors (Lipinski definition) is 1. The molecule has 13 heavy (non-hydrogen) atoms. The second kappa shape index (κ2) is 4.58. The zero-order chi connectivity index (χ0) is 9.84. The van der Waals surface area contributed by atoms with Crippen molar-refractivity contribution in [3.05, 3.63) is 10.5 Å². The lowest BCUT2D eigenvalue weighted by molar-refractivity contribution is -0.119. The van der Waals surface area contributed by atoms with E-state index in [0.717, 1.165) is 6.42 Å². The molecule has 72 valence electrons. The van der Waals surface area contributed by atoms with Crippen molar-refractivity contribution in [3.8, 4) is 0 Å². The molecule has 1 aromatic rings. The van der Waals surface area contributed by atoms with Crippen LogP contribution in [0.25, 0.3) is 0 Å². The van der Waals surface area contributed by atoms with E-state index in [0.29, 0.717) is 9.47 Å². The third kappa shape index (κ3) is 2.97. The van der Waals surface area contributed by atoms with Gasteiger partial charge in [-0.25, -0.2) is 4.98 Å². The molecule has 1 rings (SSSR count). The van der Waals surface area contributed by atoms with Crippen LogP contribution in [0.15, 0.2) is 6.20 Å². The number of carbonyl (C=O) groups excluding carboxylic acids is 1. The van der Waals surface area contributed by atoms with E-state index in [1.807, 2.05) is 13.8 Å². The first kappa shape index (κ1) is 10.5. The number of halogens is 1. The molecule has 0 aliphatic rings. The van der Waals surface area contributed by atoms with E-state index >= 15 is 0 Å². The van der Waals surface area contributed by atoms with Crippen molar-refractivity contribution >= 4 is 34.0 Å². The molecule has 0 spiro atoms. The van der Waals surface area contributed by atoms with Crippen LogP contribution in [0, 0.1) is 5.92 Å². The Morgan fingerprint density at radius 1 is 1.85 bits per heavy atom. The minimum atomic E-state index is -0.00600. The fourth-order valence-electron chi connectivity index (χ4n) is 0.726. The van der Waals surface area contributed by atoms with Gasteiger partial charge >= 0.3 is 0 Å². The van der Waals surface area contributed by atoms with Crippen LogP contribution in [-0.2, 0) is 4.79 Å². The van der Waals surface area contributed by atoms with Crippen molar-refractivity contribution in [1.29, 1.82) is 0 Å². The lowest BCUT2D eigenvalue weighted by Crippen LogP contribution is -2.19. The first-order valence-electron chi connectivity index (χ1n) is 4.05. The standard InChI is InChI=1S/C8H11ClN2OS/c1-3-5(2)7(12)11-8-10-4-6(9)13-8/h4-5H,3H2,1-2H3,(H,10,11,12). The summed E-state index contributed by atoms with van der Waals surface area (Å²) in [6.07, 6.45) is 2.35. The third-order valence-electron chi connectivity index (χ3n) is 1.77. The van der Waals surface area contributed by atoms with Gasteiger partial charge in [-0.2, -0.15) is 0 Å². The van der Waals surface area contributed by atoms with Gasteiger partial charge in [0.1, 0.15) is 4.34 Å². The summed E-state index contributed by atoms with van der Waals surface area (Å²) in [5, 5.41) is 3.26. The molecule has 0 fully saturated rings. The van der Waals surface area contributed by atoms with Gasteiger partial charge in [0.15, 0.2) is 5.13 Å². The second-order valence-corrected chi connectivity index (χ2v) is 4.43. The minimum Gasteiger partial charge on any atom is -0.302 e. The van der Waals surface area contributed by atoms with E-state index in [2.05, 4.69) is 10.3 Å². The molecule has 1 amide bonds. The first-order valence-corrected chi connectivity index (χ1v) is 5.25.